The van der Waals surface area contributed by atoms with Crippen molar-refractivity contribution in [3.63, 3.8) is 0 Å². The zero-order chi connectivity index (χ0) is 21.9. The van der Waals surface area contributed by atoms with Gasteiger partial charge in [-0.1, -0.05) is 6.08 Å². The van der Waals surface area contributed by atoms with Gasteiger partial charge in [0.15, 0.2) is 0 Å². The van der Waals surface area contributed by atoms with Crippen molar-refractivity contribution in [2.75, 3.05) is 25.7 Å². The third-order valence-electron chi connectivity index (χ3n) is 4.78. The summed E-state index contributed by atoms with van der Waals surface area (Å²) >= 11 is 0. The zero-order valence-electron chi connectivity index (χ0n) is 16.6. The van der Waals surface area contributed by atoms with Gasteiger partial charge in [0.1, 0.15) is 17.5 Å². The number of nitrogens with zero attached hydrogens (tertiary/aromatic N) is 2. The number of rotatable bonds is 8. The van der Waals surface area contributed by atoms with Crippen molar-refractivity contribution in [1.29, 1.82) is 0 Å². The number of hydrogen-bond donors (Lipinski definition) is 0. The summed E-state index contributed by atoms with van der Waals surface area (Å²) in [6, 6.07) is 11.1. The molecular weight excluding hydrogens is 408 g/mol. The zero-order valence-corrected chi connectivity index (χ0v) is 17.5. The van der Waals surface area contributed by atoms with E-state index in [2.05, 4.69) is 6.58 Å². The first-order chi connectivity index (χ1) is 14.3. The lowest BCUT2D eigenvalue weighted by molar-refractivity contribution is -0.122. The van der Waals surface area contributed by atoms with E-state index in [0.29, 0.717) is 17.2 Å². The first kappa shape index (κ1) is 21.5. The maximum absolute atomic E-state index is 13.2. The third kappa shape index (κ3) is 3.94. The number of hydrogen-bond acceptors (Lipinski definition) is 6. The van der Waals surface area contributed by atoms with Gasteiger partial charge < -0.3 is 9.47 Å². The van der Waals surface area contributed by atoms with Gasteiger partial charge in [-0.2, -0.15) is 4.31 Å². The van der Waals surface area contributed by atoms with E-state index < -0.39 is 27.9 Å². The number of amides is 2. The van der Waals surface area contributed by atoms with Gasteiger partial charge in [-0.15, -0.1) is 6.58 Å². The van der Waals surface area contributed by atoms with Crippen molar-refractivity contribution in [2.45, 2.75) is 17.4 Å². The van der Waals surface area contributed by atoms with Crippen LogP contribution >= 0.6 is 0 Å². The molecule has 1 heterocycles. The van der Waals surface area contributed by atoms with E-state index in [4.69, 9.17) is 9.47 Å². The summed E-state index contributed by atoms with van der Waals surface area (Å²) in [6.45, 7) is 3.48. The van der Waals surface area contributed by atoms with Crippen LogP contribution in [0.2, 0.25) is 0 Å². The van der Waals surface area contributed by atoms with Gasteiger partial charge in [0.05, 0.1) is 31.2 Å². The van der Waals surface area contributed by atoms with Crippen LogP contribution in [0.3, 0.4) is 0 Å². The normalized spacial score (nSPS) is 16.8. The minimum Gasteiger partial charge on any atom is -0.497 e. The van der Waals surface area contributed by atoms with E-state index >= 15 is 0 Å². The Labute approximate surface area is 175 Å². The van der Waals surface area contributed by atoms with Gasteiger partial charge >= 0.3 is 0 Å². The van der Waals surface area contributed by atoms with Crippen LogP contribution in [0, 0.1) is 0 Å². The van der Waals surface area contributed by atoms with Crippen LogP contribution in [0.5, 0.6) is 11.5 Å². The lowest BCUT2D eigenvalue weighted by atomic mass is 10.2. The summed E-state index contributed by atoms with van der Waals surface area (Å²) in [4.78, 5) is 26.7. The molecule has 30 heavy (non-hydrogen) atoms. The Morgan fingerprint density at radius 1 is 1.03 bits per heavy atom. The highest BCUT2D eigenvalue weighted by atomic mass is 32.2. The highest BCUT2D eigenvalue weighted by Crippen LogP contribution is 2.30. The second kappa shape index (κ2) is 8.68. The van der Waals surface area contributed by atoms with Crippen molar-refractivity contribution < 1.29 is 27.5 Å². The number of carbonyl (C=O) groups excluding carboxylic acids is 2. The van der Waals surface area contributed by atoms with E-state index in [1.54, 1.807) is 24.3 Å². The molecule has 1 saturated heterocycles. The molecule has 2 aromatic rings. The molecule has 9 heteroatoms. The minimum atomic E-state index is -4.06. The molecule has 0 N–H and O–H groups in total. The smallest absolute Gasteiger partial charge is 0.252 e. The Morgan fingerprint density at radius 3 is 2.07 bits per heavy atom. The first-order valence-corrected chi connectivity index (χ1v) is 10.5. The predicted octanol–water partition coefficient (Wildman–Crippen LogP) is 2.21. The molecule has 1 fully saturated rings. The van der Waals surface area contributed by atoms with E-state index in [1.165, 1.54) is 44.6 Å². The topological polar surface area (TPSA) is 93.2 Å². The second-order valence-corrected chi connectivity index (χ2v) is 8.41. The lowest BCUT2D eigenvalue weighted by Gasteiger charge is -2.25. The highest BCUT2D eigenvalue weighted by molar-refractivity contribution is 7.89. The molecule has 1 unspecified atom stereocenters. The van der Waals surface area contributed by atoms with Crippen molar-refractivity contribution in [3.8, 4) is 11.5 Å². The summed E-state index contributed by atoms with van der Waals surface area (Å²) in [6.07, 6.45) is 1.13. The van der Waals surface area contributed by atoms with Crippen molar-refractivity contribution in [2.24, 2.45) is 0 Å². The second-order valence-electron chi connectivity index (χ2n) is 6.52. The van der Waals surface area contributed by atoms with Crippen LogP contribution in [0.15, 0.2) is 66.1 Å². The summed E-state index contributed by atoms with van der Waals surface area (Å²) < 4.78 is 37.6. The van der Waals surface area contributed by atoms with Crippen molar-refractivity contribution in [1.82, 2.24) is 4.31 Å². The molecule has 0 aromatic heterocycles. The van der Waals surface area contributed by atoms with E-state index in [0.717, 1.165) is 9.21 Å². The van der Waals surface area contributed by atoms with Crippen molar-refractivity contribution >= 4 is 27.5 Å². The monoisotopic (exact) mass is 430 g/mol. The molecule has 2 aromatic carbocycles. The van der Waals surface area contributed by atoms with Gasteiger partial charge in [-0.05, 0) is 48.5 Å². The number of sulfonamides is 1. The molecule has 0 aliphatic carbocycles. The quantitative estimate of drug-likeness (QED) is 0.471. The van der Waals surface area contributed by atoms with Crippen molar-refractivity contribution in [3.05, 3.63) is 61.2 Å². The molecule has 3 rings (SSSR count). The van der Waals surface area contributed by atoms with E-state index in [9.17, 15) is 18.0 Å². The van der Waals surface area contributed by atoms with Crippen LogP contribution in [-0.4, -0.2) is 51.3 Å². The summed E-state index contributed by atoms with van der Waals surface area (Å²) in [7, 11) is -1.07. The van der Waals surface area contributed by atoms with E-state index in [-0.39, 0.29) is 17.9 Å². The third-order valence-corrected chi connectivity index (χ3v) is 6.67. The van der Waals surface area contributed by atoms with E-state index in [1.807, 2.05) is 0 Å². The van der Waals surface area contributed by atoms with Crippen LogP contribution < -0.4 is 14.4 Å². The molecule has 0 spiro atoms. The average Bonchev–Trinajstić information content (AvgIpc) is 3.05. The Bertz CT molecular complexity index is 1050. The van der Waals surface area contributed by atoms with Gasteiger partial charge in [-0.25, -0.2) is 13.3 Å². The molecule has 8 nitrogen and oxygen atoms in total. The number of benzene rings is 2. The van der Waals surface area contributed by atoms with Gasteiger partial charge in [-0.3, -0.25) is 9.59 Å². The van der Waals surface area contributed by atoms with Gasteiger partial charge in [0.25, 0.3) is 5.91 Å². The molecule has 0 saturated carbocycles. The van der Waals surface area contributed by atoms with Gasteiger partial charge in [0.2, 0.25) is 15.9 Å². The molecule has 0 radical (unpaired) electrons. The number of imide groups is 1. The summed E-state index contributed by atoms with van der Waals surface area (Å²) in [5.41, 5.74) is 0.355. The number of methoxy groups -OCH3 is 2. The van der Waals surface area contributed by atoms with Crippen LogP contribution in [0.1, 0.15) is 6.42 Å². The maximum atomic E-state index is 13.2. The van der Waals surface area contributed by atoms with Crippen LogP contribution in [0.25, 0.3) is 0 Å². The Morgan fingerprint density at radius 2 is 1.57 bits per heavy atom. The fourth-order valence-electron chi connectivity index (χ4n) is 3.25. The number of ether oxygens (including phenoxy) is 2. The predicted molar refractivity (Wildman–Crippen MR) is 111 cm³/mol. The Kier molecular flexibility index (Phi) is 6.23. The largest absolute Gasteiger partial charge is 0.497 e. The lowest BCUT2D eigenvalue weighted by Crippen LogP contribution is -2.45. The maximum Gasteiger partial charge on any atom is 0.252 e. The van der Waals surface area contributed by atoms with Crippen LogP contribution in [0.4, 0.5) is 5.69 Å². The Hall–Kier alpha value is -3.17. The molecule has 1 aliphatic rings. The minimum absolute atomic E-state index is 0.00621. The number of carbonyl (C=O) groups is 2. The van der Waals surface area contributed by atoms with Gasteiger partial charge in [0, 0.05) is 6.54 Å². The summed E-state index contributed by atoms with van der Waals surface area (Å²) in [5.74, 6) is -0.00921. The first-order valence-electron chi connectivity index (χ1n) is 9.11. The molecule has 1 aliphatic heterocycles. The average molecular weight is 430 g/mol. The summed E-state index contributed by atoms with van der Waals surface area (Å²) in [5, 5.41) is 0. The molecule has 158 valence electrons. The fourth-order valence-corrected chi connectivity index (χ4v) is 4.80. The number of anilines is 1. The Balaban J connectivity index is 1.94. The molecule has 0 bridgehead atoms. The van der Waals surface area contributed by atoms with Crippen LogP contribution in [-0.2, 0) is 19.6 Å². The highest BCUT2D eigenvalue weighted by Gasteiger charge is 2.46. The standard InChI is InChI=1S/C21H22N2O6S/c1-4-13-22(30(26,27)18-11-9-17(29-3)10-12-18)19-14-20(24)23(21(19)25)15-5-7-16(28-2)8-6-15/h4-12,19H,1,13-14H2,2-3H3. The molecule has 2 amide bonds. The SMILES string of the molecule is C=CCN(C1CC(=O)N(c2ccc(OC)cc2)C1=O)S(=O)(=O)c1ccc(OC)cc1. The molecular formula is C21H22N2O6S. The molecule has 1 atom stereocenters. The fraction of sp³-hybridized carbons (Fsp3) is 0.238.